The number of nitrogens with one attached hydrogen (secondary N) is 1. The molecule has 1 fully saturated rings. The minimum Gasteiger partial charge on any atom is -0.493 e. The molecule has 0 saturated carbocycles. The van der Waals surface area contributed by atoms with E-state index >= 15 is 0 Å². The molecule has 2 rings (SSSR count). The molecule has 6 nitrogen and oxygen atoms in total. The number of amides is 1. The highest BCUT2D eigenvalue weighted by Gasteiger charge is 2.18. The SMILES string of the molecule is COc1cc(NC(=O)CCN2CCCC(C)C2)cc(OC)c1OC. The third-order valence-corrected chi connectivity index (χ3v) is 4.34. The molecule has 1 aromatic rings. The van der Waals surface area contributed by atoms with Crippen molar-refractivity contribution < 1.29 is 19.0 Å². The van der Waals surface area contributed by atoms with Crippen LogP contribution in [0.2, 0.25) is 0 Å². The summed E-state index contributed by atoms with van der Waals surface area (Å²) in [5, 5.41) is 2.91. The van der Waals surface area contributed by atoms with E-state index in [1.54, 1.807) is 33.5 Å². The second-order valence-corrected chi connectivity index (χ2v) is 6.26. The Morgan fingerprint density at radius 1 is 1.21 bits per heavy atom. The maximum atomic E-state index is 12.2. The van der Waals surface area contributed by atoms with E-state index in [1.165, 1.54) is 12.8 Å². The van der Waals surface area contributed by atoms with E-state index in [2.05, 4.69) is 17.1 Å². The number of carbonyl (C=O) groups excluding carboxylic acids is 1. The third-order valence-electron chi connectivity index (χ3n) is 4.34. The molecule has 1 unspecified atom stereocenters. The summed E-state index contributed by atoms with van der Waals surface area (Å²) in [7, 11) is 4.67. The van der Waals surface area contributed by atoms with Gasteiger partial charge in [-0.3, -0.25) is 4.79 Å². The fourth-order valence-electron chi connectivity index (χ4n) is 3.13. The molecule has 1 aromatic carbocycles. The van der Waals surface area contributed by atoms with E-state index in [0.717, 1.165) is 25.6 Å². The molecule has 24 heavy (non-hydrogen) atoms. The van der Waals surface area contributed by atoms with Crippen LogP contribution in [0.1, 0.15) is 26.2 Å². The summed E-state index contributed by atoms with van der Waals surface area (Å²) in [6.07, 6.45) is 2.98. The molecule has 0 radical (unpaired) electrons. The molecular weight excluding hydrogens is 308 g/mol. The van der Waals surface area contributed by atoms with Gasteiger partial charge in [0, 0.05) is 37.3 Å². The van der Waals surface area contributed by atoms with Crippen LogP contribution in [0.4, 0.5) is 5.69 Å². The van der Waals surface area contributed by atoms with Crippen LogP contribution in [0.3, 0.4) is 0 Å². The molecule has 1 atom stereocenters. The largest absolute Gasteiger partial charge is 0.493 e. The summed E-state index contributed by atoms with van der Waals surface area (Å²) >= 11 is 0. The summed E-state index contributed by atoms with van der Waals surface area (Å²) in [6.45, 7) is 5.22. The molecule has 0 aromatic heterocycles. The van der Waals surface area contributed by atoms with Crippen LogP contribution in [-0.4, -0.2) is 51.8 Å². The van der Waals surface area contributed by atoms with Crippen LogP contribution in [-0.2, 0) is 4.79 Å². The van der Waals surface area contributed by atoms with Crippen molar-refractivity contribution in [2.24, 2.45) is 5.92 Å². The number of benzene rings is 1. The van der Waals surface area contributed by atoms with Gasteiger partial charge in [0.2, 0.25) is 11.7 Å². The number of methoxy groups -OCH3 is 3. The lowest BCUT2D eigenvalue weighted by molar-refractivity contribution is -0.116. The zero-order chi connectivity index (χ0) is 17.5. The zero-order valence-electron chi connectivity index (χ0n) is 15.1. The Hall–Kier alpha value is -1.95. The van der Waals surface area contributed by atoms with E-state index < -0.39 is 0 Å². The molecule has 1 saturated heterocycles. The van der Waals surface area contributed by atoms with Crippen LogP contribution in [0.15, 0.2) is 12.1 Å². The van der Waals surface area contributed by atoms with Gasteiger partial charge in [0.15, 0.2) is 11.5 Å². The van der Waals surface area contributed by atoms with Gasteiger partial charge in [-0.05, 0) is 25.3 Å². The van der Waals surface area contributed by atoms with E-state index in [4.69, 9.17) is 14.2 Å². The second-order valence-electron chi connectivity index (χ2n) is 6.26. The van der Waals surface area contributed by atoms with E-state index in [9.17, 15) is 4.79 Å². The smallest absolute Gasteiger partial charge is 0.225 e. The van der Waals surface area contributed by atoms with Gasteiger partial charge in [-0.25, -0.2) is 0 Å². The predicted molar refractivity (Wildman–Crippen MR) is 94.2 cm³/mol. The molecule has 1 N–H and O–H groups in total. The molecule has 1 heterocycles. The van der Waals surface area contributed by atoms with Gasteiger partial charge in [-0.1, -0.05) is 6.92 Å². The highest BCUT2D eigenvalue weighted by Crippen LogP contribution is 2.39. The van der Waals surface area contributed by atoms with Crippen LogP contribution in [0.5, 0.6) is 17.2 Å². The number of hydrogen-bond donors (Lipinski definition) is 1. The molecule has 1 aliphatic rings. The average Bonchev–Trinajstić information content (AvgIpc) is 2.59. The highest BCUT2D eigenvalue weighted by molar-refractivity contribution is 5.91. The van der Waals surface area contributed by atoms with Crippen LogP contribution >= 0.6 is 0 Å². The van der Waals surface area contributed by atoms with Crippen molar-refractivity contribution >= 4 is 11.6 Å². The quantitative estimate of drug-likeness (QED) is 0.830. The summed E-state index contributed by atoms with van der Waals surface area (Å²) < 4.78 is 15.9. The maximum Gasteiger partial charge on any atom is 0.225 e. The molecule has 6 heteroatoms. The maximum absolute atomic E-state index is 12.2. The van der Waals surface area contributed by atoms with Crippen molar-refractivity contribution in [1.29, 1.82) is 0 Å². The summed E-state index contributed by atoms with van der Waals surface area (Å²) in [4.78, 5) is 14.6. The minimum absolute atomic E-state index is 0.0116. The van der Waals surface area contributed by atoms with Crippen molar-refractivity contribution in [2.45, 2.75) is 26.2 Å². The van der Waals surface area contributed by atoms with Gasteiger partial charge in [-0.2, -0.15) is 0 Å². The van der Waals surface area contributed by atoms with Gasteiger partial charge in [0.25, 0.3) is 0 Å². The Balaban J connectivity index is 1.95. The molecular formula is C18H28N2O4. The van der Waals surface area contributed by atoms with Crippen molar-refractivity contribution in [2.75, 3.05) is 46.3 Å². The predicted octanol–water partition coefficient (Wildman–Crippen LogP) is 2.77. The number of anilines is 1. The highest BCUT2D eigenvalue weighted by atomic mass is 16.5. The lowest BCUT2D eigenvalue weighted by atomic mass is 10.0. The first-order chi connectivity index (χ1) is 11.6. The molecule has 134 valence electrons. The van der Waals surface area contributed by atoms with Crippen LogP contribution < -0.4 is 19.5 Å². The topological polar surface area (TPSA) is 60.0 Å². The van der Waals surface area contributed by atoms with Crippen LogP contribution in [0.25, 0.3) is 0 Å². The second kappa shape index (κ2) is 8.78. The monoisotopic (exact) mass is 336 g/mol. The van der Waals surface area contributed by atoms with Crippen LogP contribution in [0, 0.1) is 5.92 Å². The third kappa shape index (κ3) is 4.77. The Labute approximate surface area is 144 Å². The Kier molecular flexibility index (Phi) is 6.73. The lowest BCUT2D eigenvalue weighted by Gasteiger charge is -2.30. The van der Waals surface area contributed by atoms with E-state index in [0.29, 0.717) is 29.4 Å². The van der Waals surface area contributed by atoms with Gasteiger partial charge in [0.05, 0.1) is 21.3 Å². The Morgan fingerprint density at radius 3 is 2.42 bits per heavy atom. The van der Waals surface area contributed by atoms with E-state index in [-0.39, 0.29) is 5.91 Å². The minimum atomic E-state index is -0.0116. The molecule has 1 amide bonds. The number of piperidine rings is 1. The Morgan fingerprint density at radius 2 is 1.88 bits per heavy atom. The normalized spacial score (nSPS) is 18.1. The van der Waals surface area contributed by atoms with Crippen molar-refractivity contribution in [3.63, 3.8) is 0 Å². The number of hydrogen-bond acceptors (Lipinski definition) is 5. The average molecular weight is 336 g/mol. The number of carbonyl (C=O) groups is 1. The number of nitrogens with zero attached hydrogens (tertiary/aromatic N) is 1. The van der Waals surface area contributed by atoms with E-state index in [1.807, 2.05) is 0 Å². The number of rotatable bonds is 7. The van der Waals surface area contributed by atoms with Crippen molar-refractivity contribution in [3.8, 4) is 17.2 Å². The summed E-state index contributed by atoms with van der Waals surface area (Å²) in [5.74, 6) is 2.27. The number of ether oxygens (including phenoxy) is 3. The first kappa shape index (κ1) is 18.4. The van der Waals surface area contributed by atoms with Crippen molar-refractivity contribution in [1.82, 2.24) is 4.90 Å². The zero-order valence-corrected chi connectivity index (χ0v) is 15.1. The Bertz CT molecular complexity index is 537. The summed E-state index contributed by atoms with van der Waals surface area (Å²) in [6, 6.07) is 3.48. The molecule has 0 aliphatic carbocycles. The lowest BCUT2D eigenvalue weighted by Crippen LogP contribution is -2.36. The van der Waals surface area contributed by atoms with Gasteiger partial charge >= 0.3 is 0 Å². The molecule has 1 aliphatic heterocycles. The fourth-order valence-corrected chi connectivity index (χ4v) is 3.13. The molecule has 0 bridgehead atoms. The number of likely N-dealkylation sites (tertiary alicyclic amines) is 1. The van der Waals surface area contributed by atoms with Crippen molar-refractivity contribution in [3.05, 3.63) is 12.1 Å². The standard InChI is InChI=1S/C18H28N2O4/c1-13-6-5-8-20(12-13)9-7-17(21)19-14-10-15(22-2)18(24-4)16(11-14)23-3/h10-11,13H,5-9,12H2,1-4H3,(H,19,21). The first-order valence-corrected chi connectivity index (χ1v) is 8.39. The van der Waals surface area contributed by atoms with Gasteiger partial charge < -0.3 is 24.4 Å². The van der Waals surface area contributed by atoms with Gasteiger partial charge in [0.1, 0.15) is 0 Å². The first-order valence-electron chi connectivity index (χ1n) is 8.39. The fraction of sp³-hybridized carbons (Fsp3) is 0.611. The molecule has 0 spiro atoms. The summed E-state index contributed by atoms with van der Waals surface area (Å²) in [5.41, 5.74) is 0.640. The van der Waals surface area contributed by atoms with Gasteiger partial charge in [-0.15, -0.1) is 0 Å².